The van der Waals surface area contributed by atoms with Gasteiger partial charge in [-0.2, -0.15) is 0 Å². The number of likely N-dealkylation sites (tertiary alicyclic amines) is 1. The van der Waals surface area contributed by atoms with Gasteiger partial charge in [0.05, 0.1) is 26.3 Å². The fourth-order valence-corrected chi connectivity index (χ4v) is 6.08. The molecule has 1 unspecified atom stereocenters. The third kappa shape index (κ3) is 10.7. The highest BCUT2D eigenvalue weighted by atomic mass is 16.5. The molecule has 2 N–H and O–H groups in total. The zero-order chi connectivity index (χ0) is 31.9. The number of hydrogen-bond donors (Lipinski definition) is 2. The molecule has 1 saturated carbocycles. The van der Waals surface area contributed by atoms with Gasteiger partial charge in [0.1, 0.15) is 17.8 Å². The number of methoxy groups -OCH3 is 1. The van der Waals surface area contributed by atoms with Crippen LogP contribution in [0.3, 0.4) is 0 Å². The summed E-state index contributed by atoms with van der Waals surface area (Å²) in [5, 5.41) is 6.09. The number of carbonyl (C=O) groups is 3. The average molecular weight is 608 g/mol. The first kappa shape index (κ1) is 35.3. The van der Waals surface area contributed by atoms with Crippen molar-refractivity contribution < 1.29 is 23.9 Å². The minimum Gasteiger partial charge on any atom is -0.497 e. The number of nitrogens with zero attached hydrogens (tertiary/aromatic N) is 1. The van der Waals surface area contributed by atoms with E-state index >= 15 is 0 Å². The Balaban J connectivity index is 0.000000281. The standard InChI is InChI=1S/C24H36N2O2.C12H17NO3/c1-17(2)23(27)22(20-7-5-4-6-8-20)25-24(28)21-11-9-18(10-12-21)19-13-15-26(3)16-14-19;1-3-16-12-8-11(15-2)5-4-10(12)9-13-6-7-14/h9-12,17,19-20,22H,4-8,13-16H2,1-3H3,(H,25,28);4-5,7-8,13H,3,6,9H2,1-2H3. The zero-order valence-electron chi connectivity index (χ0n) is 27.4. The highest BCUT2D eigenvalue weighted by Crippen LogP contribution is 2.30. The van der Waals surface area contributed by atoms with Gasteiger partial charge in [-0.15, -0.1) is 0 Å². The zero-order valence-corrected chi connectivity index (χ0v) is 27.4. The molecule has 8 nitrogen and oxygen atoms in total. The number of piperidine rings is 1. The molecule has 0 bridgehead atoms. The highest BCUT2D eigenvalue weighted by molar-refractivity contribution is 5.98. The summed E-state index contributed by atoms with van der Waals surface area (Å²) in [5.74, 6) is 2.43. The number of hydrogen-bond acceptors (Lipinski definition) is 7. The summed E-state index contributed by atoms with van der Waals surface area (Å²) < 4.78 is 10.6. The number of carbonyl (C=O) groups excluding carboxylic acids is 3. The fourth-order valence-electron chi connectivity index (χ4n) is 6.08. The maximum atomic E-state index is 12.9. The van der Waals surface area contributed by atoms with Gasteiger partial charge in [-0.1, -0.05) is 51.3 Å². The van der Waals surface area contributed by atoms with E-state index in [9.17, 15) is 14.4 Å². The van der Waals surface area contributed by atoms with E-state index in [-0.39, 0.29) is 29.6 Å². The minimum atomic E-state index is -0.346. The van der Waals surface area contributed by atoms with Gasteiger partial charge in [0.25, 0.3) is 5.91 Å². The number of amides is 1. The van der Waals surface area contributed by atoms with Crippen LogP contribution in [0.2, 0.25) is 0 Å². The van der Waals surface area contributed by atoms with Crippen molar-refractivity contribution >= 4 is 18.0 Å². The number of ketones is 1. The second-order valence-corrected chi connectivity index (χ2v) is 12.3. The maximum absolute atomic E-state index is 12.9. The second-order valence-electron chi connectivity index (χ2n) is 12.3. The highest BCUT2D eigenvalue weighted by Gasteiger charge is 2.32. The fraction of sp³-hybridized carbons (Fsp3) is 0.583. The molecule has 0 aromatic heterocycles. The number of rotatable bonds is 13. The monoisotopic (exact) mass is 607 g/mol. The summed E-state index contributed by atoms with van der Waals surface area (Å²) in [5.41, 5.74) is 3.00. The molecular weight excluding hydrogens is 554 g/mol. The molecule has 2 fully saturated rings. The van der Waals surface area contributed by atoms with Gasteiger partial charge in [-0.05, 0) is 88.3 Å². The number of nitrogens with one attached hydrogen (secondary N) is 2. The van der Waals surface area contributed by atoms with Crippen molar-refractivity contribution in [3.63, 3.8) is 0 Å². The quantitative estimate of drug-likeness (QED) is 0.220. The van der Waals surface area contributed by atoms with E-state index in [1.54, 1.807) is 7.11 Å². The molecule has 2 aromatic rings. The van der Waals surface area contributed by atoms with Gasteiger partial charge in [-0.3, -0.25) is 9.59 Å². The lowest BCUT2D eigenvalue weighted by Crippen LogP contribution is -2.48. The van der Waals surface area contributed by atoms with Crippen molar-refractivity contribution in [3.8, 4) is 11.5 Å². The Morgan fingerprint density at radius 1 is 1.00 bits per heavy atom. The summed E-state index contributed by atoms with van der Waals surface area (Å²) in [7, 11) is 3.79. The van der Waals surface area contributed by atoms with Crippen molar-refractivity contribution in [2.45, 2.75) is 84.2 Å². The van der Waals surface area contributed by atoms with E-state index in [0.29, 0.717) is 31.2 Å². The summed E-state index contributed by atoms with van der Waals surface area (Å²) in [6.07, 6.45) is 8.83. The SMILES string of the molecule is CC(C)C(=O)C(NC(=O)c1ccc(C2CCN(C)CC2)cc1)C1CCCCC1.CCOc1cc(OC)ccc1CNCC=O. The predicted molar refractivity (Wildman–Crippen MR) is 176 cm³/mol. The van der Waals surface area contributed by atoms with Crippen molar-refractivity contribution in [1.29, 1.82) is 0 Å². The van der Waals surface area contributed by atoms with E-state index < -0.39 is 0 Å². The summed E-state index contributed by atoms with van der Waals surface area (Å²) >= 11 is 0. The van der Waals surface area contributed by atoms with Gasteiger partial charge in [0, 0.05) is 29.7 Å². The third-order valence-corrected chi connectivity index (χ3v) is 8.76. The Labute approximate surface area is 264 Å². The number of benzene rings is 2. The van der Waals surface area contributed by atoms with Crippen LogP contribution in [0.1, 0.15) is 93.1 Å². The molecule has 1 saturated heterocycles. The topological polar surface area (TPSA) is 97.0 Å². The Morgan fingerprint density at radius 3 is 2.27 bits per heavy atom. The molecule has 1 aliphatic heterocycles. The first-order valence-corrected chi connectivity index (χ1v) is 16.3. The van der Waals surface area contributed by atoms with Gasteiger partial charge in [-0.25, -0.2) is 0 Å². The first-order valence-electron chi connectivity index (χ1n) is 16.3. The minimum absolute atomic E-state index is 0.0564. The van der Waals surface area contributed by atoms with Crippen LogP contribution in [0.25, 0.3) is 0 Å². The lowest BCUT2D eigenvalue weighted by molar-refractivity contribution is -0.125. The molecule has 44 heavy (non-hydrogen) atoms. The molecular formula is C36H53N3O5. The lowest BCUT2D eigenvalue weighted by atomic mass is 9.80. The van der Waals surface area contributed by atoms with Crippen molar-refractivity contribution in [2.24, 2.45) is 11.8 Å². The molecule has 4 rings (SSSR count). The molecule has 242 valence electrons. The number of ether oxygens (including phenoxy) is 2. The van der Waals surface area contributed by atoms with Gasteiger partial charge < -0.3 is 29.8 Å². The Bertz CT molecular complexity index is 1170. The molecule has 1 amide bonds. The number of Topliss-reactive ketones (excluding diaryl/α,β-unsaturated/α-hetero) is 1. The molecule has 1 heterocycles. The predicted octanol–water partition coefficient (Wildman–Crippen LogP) is 5.78. The van der Waals surface area contributed by atoms with E-state index in [4.69, 9.17) is 9.47 Å². The largest absolute Gasteiger partial charge is 0.497 e. The smallest absolute Gasteiger partial charge is 0.251 e. The van der Waals surface area contributed by atoms with Gasteiger partial charge >= 0.3 is 0 Å². The van der Waals surface area contributed by atoms with Gasteiger partial charge in [0.15, 0.2) is 5.78 Å². The number of aldehydes is 1. The maximum Gasteiger partial charge on any atom is 0.251 e. The van der Waals surface area contributed by atoms with E-state index in [1.807, 2.05) is 51.1 Å². The van der Waals surface area contributed by atoms with Gasteiger partial charge in [0.2, 0.25) is 0 Å². The Hall–Kier alpha value is -3.23. The van der Waals surface area contributed by atoms with Crippen molar-refractivity contribution in [3.05, 3.63) is 59.2 Å². The molecule has 1 aliphatic carbocycles. The first-order chi connectivity index (χ1) is 21.3. The second kappa shape index (κ2) is 18.5. The molecule has 0 spiro atoms. The van der Waals surface area contributed by atoms with Crippen LogP contribution in [0.4, 0.5) is 0 Å². The lowest BCUT2D eigenvalue weighted by Gasteiger charge is -2.31. The van der Waals surface area contributed by atoms with E-state index in [0.717, 1.165) is 62.1 Å². The Morgan fingerprint density at radius 2 is 1.68 bits per heavy atom. The summed E-state index contributed by atoms with van der Waals surface area (Å²) in [4.78, 5) is 38.2. The Kier molecular flexibility index (Phi) is 14.9. The molecule has 1 atom stereocenters. The average Bonchev–Trinajstić information content (AvgIpc) is 3.05. The van der Waals surface area contributed by atoms with Crippen LogP contribution in [0, 0.1) is 11.8 Å². The van der Waals surface area contributed by atoms with Crippen LogP contribution in [-0.2, 0) is 16.1 Å². The van der Waals surface area contributed by atoms with Crippen molar-refractivity contribution in [1.82, 2.24) is 15.5 Å². The molecule has 2 aliphatic rings. The normalized spacial score (nSPS) is 16.9. The van der Waals surface area contributed by atoms with E-state index in [2.05, 4.69) is 34.7 Å². The third-order valence-electron chi connectivity index (χ3n) is 8.76. The van der Waals surface area contributed by atoms with Crippen LogP contribution < -0.4 is 20.1 Å². The van der Waals surface area contributed by atoms with Crippen LogP contribution in [0.5, 0.6) is 11.5 Å². The van der Waals surface area contributed by atoms with E-state index in [1.165, 1.54) is 24.8 Å². The van der Waals surface area contributed by atoms with Crippen LogP contribution in [0.15, 0.2) is 42.5 Å². The van der Waals surface area contributed by atoms with Crippen LogP contribution in [-0.4, -0.2) is 69.3 Å². The van der Waals surface area contributed by atoms with Crippen molar-refractivity contribution in [2.75, 3.05) is 40.4 Å². The summed E-state index contributed by atoms with van der Waals surface area (Å²) in [6.45, 7) is 9.62. The summed E-state index contributed by atoms with van der Waals surface area (Å²) in [6, 6.07) is 13.4. The molecule has 2 aromatic carbocycles. The van der Waals surface area contributed by atoms with Crippen LogP contribution >= 0.6 is 0 Å². The molecule has 8 heteroatoms. The molecule has 0 radical (unpaired) electrons.